The molecule has 0 aliphatic rings. The smallest absolute Gasteiger partial charge is 0.279 e. The maximum Gasteiger partial charge on any atom is 0.279 e. The van der Waals surface area contributed by atoms with Crippen molar-refractivity contribution in [3.63, 3.8) is 0 Å². The van der Waals surface area contributed by atoms with E-state index in [1.54, 1.807) is 0 Å². The minimum atomic E-state index is -0.679. The first-order valence-electron chi connectivity index (χ1n) is 3.50. The molecule has 0 spiro atoms. The Kier molecular flexibility index (Phi) is 2.79. The quantitative estimate of drug-likeness (QED) is 0.541. The Morgan fingerprint density at radius 1 is 1.31 bits per heavy atom. The van der Waals surface area contributed by atoms with E-state index < -0.39 is 17.7 Å². The van der Waals surface area contributed by atoms with Crippen molar-refractivity contribution in [3.8, 4) is 0 Å². The van der Waals surface area contributed by atoms with Crippen LogP contribution in [-0.4, -0.2) is 6.02 Å². The van der Waals surface area contributed by atoms with Crippen molar-refractivity contribution in [1.29, 1.82) is 5.41 Å². The second-order valence-corrected chi connectivity index (χ2v) is 2.43. The maximum atomic E-state index is 12.6. The molecule has 0 bridgehead atoms. The monoisotopic (exact) mass is 186 g/mol. The molecule has 0 aromatic heterocycles. The van der Waals surface area contributed by atoms with Crippen LogP contribution in [0.1, 0.15) is 5.56 Å². The Bertz CT molecular complexity index is 308. The number of rotatable bonds is 2. The first-order chi connectivity index (χ1) is 6.08. The molecule has 0 atom stereocenters. The molecule has 5 heteroatoms. The van der Waals surface area contributed by atoms with E-state index in [0.29, 0.717) is 5.56 Å². The van der Waals surface area contributed by atoms with Crippen molar-refractivity contribution in [2.75, 3.05) is 0 Å². The van der Waals surface area contributed by atoms with E-state index in [9.17, 15) is 8.78 Å². The molecule has 0 heterocycles. The number of halogens is 2. The van der Waals surface area contributed by atoms with Gasteiger partial charge in [-0.2, -0.15) is 0 Å². The van der Waals surface area contributed by atoms with Gasteiger partial charge < -0.3 is 10.5 Å². The summed E-state index contributed by atoms with van der Waals surface area (Å²) in [4.78, 5) is 0. The van der Waals surface area contributed by atoms with Gasteiger partial charge in [0.15, 0.2) is 0 Å². The molecule has 1 aromatic carbocycles. The molecule has 0 saturated carbocycles. The van der Waals surface area contributed by atoms with Gasteiger partial charge in [0.05, 0.1) is 0 Å². The Morgan fingerprint density at radius 3 is 2.31 bits per heavy atom. The van der Waals surface area contributed by atoms with Gasteiger partial charge in [-0.15, -0.1) is 0 Å². The van der Waals surface area contributed by atoms with Crippen LogP contribution in [0.4, 0.5) is 8.78 Å². The predicted octanol–water partition coefficient (Wildman–Crippen LogP) is 1.37. The molecule has 3 nitrogen and oxygen atoms in total. The molecule has 0 radical (unpaired) electrons. The zero-order valence-electron chi connectivity index (χ0n) is 6.68. The molecular formula is C8H8F2N2O. The Labute approximate surface area is 73.6 Å². The zero-order valence-corrected chi connectivity index (χ0v) is 6.68. The lowest BCUT2D eigenvalue weighted by molar-refractivity contribution is 0.283. The minimum absolute atomic E-state index is 0.107. The number of hydrogen-bond acceptors (Lipinski definition) is 2. The molecule has 0 saturated heterocycles. The summed E-state index contributed by atoms with van der Waals surface area (Å²) in [6.45, 7) is -0.107. The first kappa shape index (κ1) is 9.44. The van der Waals surface area contributed by atoms with Gasteiger partial charge >= 0.3 is 0 Å². The fourth-order valence-corrected chi connectivity index (χ4v) is 0.855. The van der Waals surface area contributed by atoms with E-state index >= 15 is 0 Å². The third kappa shape index (κ3) is 3.06. The highest BCUT2D eigenvalue weighted by Gasteiger charge is 2.01. The van der Waals surface area contributed by atoms with Crippen LogP contribution < -0.4 is 5.73 Å². The zero-order chi connectivity index (χ0) is 9.84. The Balaban J connectivity index is 2.71. The predicted molar refractivity (Wildman–Crippen MR) is 43.1 cm³/mol. The summed E-state index contributed by atoms with van der Waals surface area (Å²) in [5.41, 5.74) is 5.19. The highest BCUT2D eigenvalue weighted by Crippen LogP contribution is 2.08. The summed E-state index contributed by atoms with van der Waals surface area (Å²) in [7, 11) is 0. The van der Waals surface area contributed by atoms with Gasteiger partial charge in [-0.3, -0.25) is 5.41 Å². The summed E-state index contributed by atoms with van der Waals surface area (Å²) < 4.78 is 29.7. The maximum absolute atomic E-state index is 12.6. The molecule has 0 fully saturated rings. The SMILES string of the molecule is N=C(N)OCc1cc(F)cc(F)c1. The van der Waals surface area contributed by atoms with Crippen LogP contribution in [0.15, 0.2) is 18.2 Å². The van der Waals surface area contributed by atoms with Crippen LogP contribution in [-0.2, 0) is 11.3 Å². The van der Waals surface area contributed by atoms with Gasteiger partial charge in [0.2, 0.25) is 0 Å². The summed E-state index contributed by atoms with van der Waals surface area (Å²) in [5.74, 6) is -1.36. The van der Waals surface area contributed by atoms with Gasteiger partial charge in [-0.1, -0.05) is 0 Å². The molecular weight excluding hydrogens is 178 g/mol. The third-order valence-corrected chi connectivity index (χ3v) is 1.32. The number of benzene rings is 1. The van der Waals surface area contributed by atoms with Gasteiger partial charge in [0.1, 0.15) is 18.2 Å². The first-order valence-corrected chi connectivity index (χ1v) is 3.50. The van der Waals surface area contributed by atoms with E-state index in [1.807, 2.05) is 0 Å². The molecule has 13 heavy (non-hydrogen) atoms. The largest absolute Gasteiger partial charge is 0.461 e. The summed E-state index contributed by atoms with van der Waals surface area (Å²) in [6, 6.07) is 2.51. The van der Waals surface area contributed by atoms with Crippen LogP contribution in [0.5, 0.6) is 0 Å². The van der Waals surface area contributed by atoms with Gasteiger partial charge in [0.25, 0.3) is 6.02 Å². The van der Waals surface area contributed by atoms with Crippen LogP contribution in [0, 0.1) is 17.0 Å². The number of nitrogens with one attached hydrogen (secondary N) is 1. The average molecular weight is 186 g/mol. The van der Waals surface area contributed by atoms with Crippen LogP contribution in [0.3, 0.4) is 0 Å². The van der Waals surface area contributed by atoms with Gasteiger partial charge in [0, 0.05) is 6.07 Å². The number of amidine groups is 1. The summed E-state index contributed by atoms with van der Waals surface area (Å²) in [6.07, 6.45) is 0. The van der Waals surface area contributed by atoms with Gasteiger partial charge in [-0.05, 0) is 17.7 Å². The highest BCUT2D eigenvalue weighted by atomic mass is 19.1. The van der Waals surface area contributed by atoms with Crippen molar-refractivity contribution in [2.24, 2.45) is 5.73 Å². The van der Waals surface area contributed by atoms with Crippen molar-refractivity contribution in [2.45, 2.75) is 6.61 Å². The fourth-order valence-electron chi connectivity index (χ4n) is 0.855. The fraction of sp³-hybridized carbons (Fsp3) is 0.125. The third-order valence-electron chi connectivity index (χ3n) is 1.32. The average Bonchev–Trinajstić information content (AvgIpc) is 1.99. The van der Waals surface area contributed by atoms with E-state index in [2.05, 4.69) is 4.74 Å². The van der Waals surface area contributed by atoms with Crippen LogP contribution in [0.2, 0.25) is 0 Å². The number of ether oxygens (including phenoxy) is 1. The van der Waals surface area contributed by atoms with Crippen molar-refractivity contribution in [3.05, 3.63) is 35.4 Å². The molecule has 3 N–H and O–H groups in total. The van der Waals surface area contributed by atoms with E-state index in [1.165, 1.54) is 0 Å². The number of nitrogens with two attached hydrogens (primary N) is 1. The second kappa shape index (κ2) is 3.84. The number of hydrogen-bond donors (Lipinski definition) is 2. The topological polar surface area (TPSA) is 59.1 Å². The van der Waals surface area contributed by atoms with Crippen molar-refractivity contribution < 1.29 is 13.5 Å². The molecule has 0 aliphatic carbocycles. The summed E-state index contributed by atoms with van der Waals surface area (Å²) >= 11 is 0. The Morgan fingerprint density at radius 2 is 1.85 bits per heavy atom. The van der Waals surface area contributed by atoms with Crippen molar-refractivity contribution in [1.82, 2.24) is 0 Å². The Hall–Kier alpha value is -1.65. The molecule has 70 valence electrons. The van der Waals surface area contributed by atoms with Crippen LogP contribution >= 0.6 is 0 Å². The van der Waals surface area contributed by atoms with E-state index in [-0.39, 0.29) is 6.61 Å². The summed E-state index contributed by atoms with van der Waals surface area (Å²) in [5, 5.41) is 6.72. The molecule has 0 unspecified atom stereocenters. The van der Waals surface area contributed by atoms with Crippen molar-refractivity contribution >= 4 is 6.02 Å². The molecule has 1 aromatic rings. The molecule has 0 aliphatic heterocycles. The minimum Gasteiger partial charge on any atom is -0.461 e. The highest BCUT2D eigenvalue weighted by molar-refractivity contribution is 5.67. The lowest BCUT2D eigenvalue weighted by Gasteiger charge is -2.03. The molecule has 0 amide bonds. The van der Waals surface area contributed by atoms with E-state index in [4.69, 9.17) is 11.1 Å². The molecule has 1 rings (SSSR count). The lowest BCUT2D eigenvalue weighted by atomic mass is 10.2. The van der Waals surface area contributed by atoms with Gasteiger partial charge in [-0.25, -0.2) is 8.78 Å². The second-order valence-electron chi connectivity index (χ2n) is 2.43. The normalized spacial score (nSPS) is 9.69. The van der Waals surface area contributed by atoms with E-state index in [0.717, 1.165) is 18.2 Å². The van der Waals surface area contributed by atoms with Crippen LogP contribution in [0.25, 0.3) is 0 Å². The lowest BCUT2D eigenvalue weighted by Crippen LogP contribution is -2.13. The standard InChI is InChI=1S/C8H8F2N2O/c9-6-1-5(2-7(10)3-6)4-13-8(11)12/h1-3H,4H2,(H3,11,12).